The molecule has 0 saturated carbocycles. The highest BCUT2D eigenvalue weighted by Crippen LogP contribution is 2.31. The lowest BCUT2D eigenvalue weighted by atomic mass is 10.0. The average molecular weight is 330 g/mol. The van der Waals surface area contributed by atoms with Crippen LogP contribution < -0.4 is 15.4 Å². The summed E-state index contributed by atoms with van der Waals surface area (Å²) < 4.78 is 11.0. The van der Waals surface area contributed by atoms with Crippen molar-refractivity contribution in [2.75, 3.05) is 13.2 Å². The van der Waals surface area contributed by atoms with Crippen LogP contribution in [0.4, 0.5) is 4.79 Å². The largest absolute Gasteiger partial charge is 0.493 e. The molecule has 24 heavy (non-hydrogen) atoms. The van der Waals surface area contributed by atoms with Gasteiger partial charge in [-0.1, -0.05) is 18.2 Å². The maximum atomic E-state index is 12.2. The first-order valence-corrected chi connectivity index (χ1v) is 8.01. The van der Waals surface area contributed by atoms with Crippen molar-refractivity contribution in [1.82, 2.24) is 10.6 Å². The van der Waals surface area contributed by atoms with Crippen molar-refractivity contribution in [2.24, 2.45) is 0 Å². The molecule has 2 aromatic rings. The number of carbonyl (C=O) groups excluding carboxylic acids is 1. The second kappa shape index (κ2) is 6.57. The third-order valence-corrected chi connectivity index (χ3v) is 4.13. The molecule has 2 unspecified atom stereocenters. The van der Waals surface area contributed by atoms with E-state index < -0.39 is 5.60 Å². The first kappa shape index (κ1) is 16.4. The fraction of sp³-hybridized carbons (Fsp3) is 0.389. The minimum Gasteiger partial charge on any atom is -0.493 e. The Balaban J connectivity index is 1.59. The van der Waals surface area contributed by atoms with E-state index in [-0.39, 0.29) is 18.6 Å². The van der Waals surface area contributed by atoms with Gasteiger partial charge in [0, 0.05) is 12.0 Å². The zero-order chi connectivity index (χ0) is 17.2. The number of ether oxygens (including phenoxy) is 1. The molecule has 6 heteroatoms. The number of hydrogen-bond acceptors (Lipinski definition) is 4. The molecule has 1 aliphatic heterocycles. The third kappa shape index (κ3) is 3.54. The smallest absolute Gasteiger partial charge is 0.315 e. The predicted octanol–water partition coefficient (Wildman–Crippen LogP) is 2.62. The molecule has 0 aliphatic carbocycles. The van der Waals surface area contributed by atoms with Gasteiger partial charge in [0.05, 0.1) is 19.2 Å². The normalized spacial score (nSPS) is 18.9. The summed E-state index contributed by atoms with van der Waals surface area (Å²) in [7, 11) is 0. The average Bonchev–Trinajstić information content (AvgIpc) is 3.01. The molecule has 1 aliphatic rings. The Morgan fingerprint density at radius 3 is 2.88 bits per heavy atom. The van der Waals surface area contributed by atoms with Crippen LogP contribution in [-0.2, 0) is 5.60 Å². The molecule has 0 bridgehead atoms. The first-order chi connectivity index (χ1) is 11.5. The Morgan fingerprint density at radius 1 is 1.33 bits per heavy atom. The van der Waals surface area contributed by atoms with E-state index in [9.17, 15) is 9.90 Å². The number of hydrogen-bond donors (Lipinski definition) is 3. The molecule has 0 spiro atoms. The van der Waals surface area contributed by atoms with Crippen molar-refractivity contribution >= 4 is 6.03 Å². The fourth-order valence-corrected chi connectivity index (χ4v) is 2.76. The number of nitrogens with one attached hydrogen (secondary N) is 2. The lowest BCUT2D eigenvalue weighted by Crippen LogP contribution is -2.45. The van der Waals surface area contributed by atoms with Crippen molar-refractivity contribution in [3.63, 3.8) is 0 Å². The molecule has 2 atom stereocenters. The highest BCUT2D eigenvalue weighted by Gasteiger charge is 2.28. The molecule has 2 amide bonds. The Hall–Kier alpha value is -2.47. The number of para-hydroxylation sites is 1. The number of carbonyl (C=O) groups is 1. The summed E-state index contributed by atoms with van der Waals surface area (Å²) in [6.45, 7) is 4.03. The lowest BCUT2D eigenvalue weighted by Gasteiger charge is -2.27. The third-order valence-electron chi connectivity index (χ3n) is 4.13. The first-order valence-electron chi connectivity index (χ1n) is 8.01. The topological polar surface area (TPSA) is 83.7 Å². The van der Waals surface area contributed by atoms with Gasteiger partial charge in [0.1, 0.15) is 22.9 Å². The lowest BCUT2D eigenvalue weighted by molar-refractivity contribution is 0.0358. The van der Waals surface area contributed by atoms with E-state index in [4.69, 9.17) is 9.15 Å². The van der Waals surface area contributed by atoms with Gasteiger partial charge in [-0.3, -0.25) is 0 Å². The highest BCUT2D eigenvalue weighted by atomic mass is 16.5. The van der Waals surface area contributed by atoms with Gasteiger partial charge in [0.15, 0.2) is 0 Å². The van der Waals surface area contributed by atoms with E-state index in [1.807, 2.05) is 31.2 Å². The second-order valence-electron chi connectivity index (χ2n) is 6.24. The number of fused-ring (bicyclic) bond motifs is 1. The number of aryl methyl sites for hydroxylation is 1. The molecule has 128 valence electrons. The monoisotopic (exact) mass is 330 g/mol. The van der Waals surface area contributed by atoms with Crippen LogP contribution in [0.3, 0.4) is 0 Å². The van der Waals surface area contributed by atoms with Gasteiger partial charge < -0.3 is 24.9 Å². The molecule has 0 fully saturated rings. The molecule has 1 aromatic heterocycles. The number of urea groups is 1. The summed E-state index contributed by atoms with van der Waals surface area (Å²) in [6.07, 6.45) is 0.707. The van der Waals surface area contributed by atoms with E-state index in [2.05, 4.69) is 10.6 Å². The number of benzene rings is 1. The molecule has 6 nitrogen and oxygen atoms in total. The van der Waals surface area contributed by atoms with Crippen molar-refractivity contribution < 1.29 is 19.1 Å². The van der Waals surface area contributed by atoms with Crippen LogP contribution in [0.5, 0.6) is 5.75 Å². The van der Waals surface area contributed by atoms with Gasteiger partial charge in [0.2, 0.25) is 0 Å². The van der Waals surface area contributed by atoms with Gasteiger partial charge in [-0.25, -0.2) is 4.79 Å². The van der Waals surface area contributed by atoms with Crippen molar-refractivity contribution in [3.8, 4) is 5.75 Å². The number of amides is 2. The summed E-state index contributed by atoms with van der Waals surface area (Å²) >= 11 is 0. The zero-order valence-corrected chi connectivity index (χ0v) is 13.8. The van der Waals surface area contributed by atoms with Crippen LogP contribution >= 0.6 is 0 Å². The standard InChI is InChI=1S/C18H22N2O4/c1-12-7-8-16(24-12)18(2,22)11-19-17(21)20-14-9-10-23-15-6-4-3-5-13(14)15/h3-8,14,22H,9-11H2,1-2H3,(H2,19,20,21). The molecule has 2 heterocycles. The fourth-order valence-electron chi connectivity index (χ4n) is 2.76. The molecule has 0 saturated heterocycles. The van der Waals surface area contributed by atoms with Gasteiger partial charge in [-0.2, -0.15) is 0 Å². The van der Waals surface area contributed by atoms with E-state index in [0.29, 0.717) is 24.5 Å². The van der Waals surface area contributed by atoms with Crippen molar-refractivity contribution in [3.05, 3.63) is 53.5 Å². The van der Waals surface area contributed by atoms with Crippen LogP contribution in [0.1, 0.15) is 36.5 Å². The molecular weight excluding hydrogens is 308 g/mol. The maximum Gasteiger partial charge on any atom is 0.315 e. The molecule has 3 N–H and O–H groups in total. The van der Waals surface area contributed by atoms with Crippen LogP contribution in [0, 0.1) is 6.92 Å². The molecule has 3 rings (SSSR count). The summed E-state index contributed by atoms with van der Waals surface area (Å²) in [4.78, 5) is 12.2. The number of rotatable bonds is 4. The SMILES string of the molecule is Cc1ccc(C(C)(O)CNC(=O)NC2CCOc3ccccc32)o1. The molecule has 1 aromatic carbocycles. The summed E-state index contributed by atoms with van der Waals surface area (Å²) in [5.41, 5.74) is -0.300. The van der Waals surface area contributed by atoms with Crippen LogP contribution in [0.15, 0.2) is 40.8 Å². The Morgan fingerprint density at radius 2 is 2.12 bits per heavy atom. The quantitative estimate of drug-likeness (QED) is 0.805. The minimum absolute atomic E-state index is 0.0522. The Labute approximate surface area is 140 Å². The van der Waals surface area contributed by atoms with Crippen LogP contribution in [-0.4, -0.2) is 24.3 Å². The summed E-state index contributed by atoms with van der Waals surface area (Å²) in [5, 5.41) is 16.1. The van der Waals surface area contributed by atoms with Crippen molar-refractivity contribution in [2.45, 2.75) is 31.9 Å². The van der Waals surface area contributed by atoms with E-state index >= 15 is 0 Å². The minimum atomic E-state index is -1.26. The van der Waals surface area contributed by atoms with Gasteiger partial charge >= 0.3 is 6.03 Å². The van der Waals surface area contributed by atoms with Crippen LogP contribution in [0.2, 0.25) is 0 Å². The number of aliphatic hydroxyl groups is 1. The van der Waals surface area contributed by atoms with Crippen molar-refractivity contribution in [1.29, 1.82) is 0 Å². The molecular formula is C18H22N2O4. The second-order valence-corrected chi connectivity index (χ2v) is 6.24. The Bertz CT molecular complexity index is 723. The highest BCUT2D eigenvalue weighted by molar-refractivity contribution is 5.74. The van der Waals surface area contributed by atoms with E-state index in [0.717, 1.165) is 11.3 Å². The van der Waals surface area contributed by atoms with Crippen LogP contribution in [0.25, 0.3) is 0 Å². The van der Waals surface area contributed by atoms with E-state index in [1.54, 1.807) is 19.1 Å². The summed E-state index contributed by atoms with van der Waals surface area (Å²) in [6, 6.07) is 10.7. The van der Waals surface area contributed by atoms with Gasteiger partial charge in [-0.15, -0.1) is 0 Å². The zero-order valence-electron chi connectivity index (χ0n) is 13.8. The molecule has 0 radical (unpaired) electrons. The number of furan rings is 1. The van der Waals surface area contributed by atoms with Gasteiger partial charge in [-0.05, 0) is 32.0 Å². The Kier molecular flexibility index (Phi) is 4.49. The maximum absolute atomic E-state index is 12.2. The van der Waals surface area contributed by atoms with E-state index in [1.165, 1.54) is 0 Å². The predicted molar refractivity (Wildman–Crippen MR) is 88.8 cm³/mol. The summed E-state index contributed by atoms with van der Waals surface area (Å²) in [5.74, 6) is 1.94. The van der Waals surface area contributed by atoms with Gasteiger partial charge in [0.25, 0.3) is 0 Å².